The number of hydrogen-bond donors (Lipinski definition) is 2. The molecule has 2 rings (SSSR count). The van der Waals surface area contributed by atoms with E-state index in [-0.39, 0.29) is 17.3 Å². The van der Waals surface area contributed by atoms with Crippen molar-refractivity contribution >= 4 is 10.0 Å². The van der Waals surface area contributed by atoms with Crippen LogP contribution in [0.15, 0.2) is 0 Å². The normalized spacial score (nSPS) is 29.6. The summed E-state index contributed by atoms with van der Waals surface area (Å²) in [6, 6.07) is 0.439. The van der Waals surface area contributed by atoms with Crippen LogP contribution in [0.25, 0.3) is 0 Å². The van der Waals surface area contributed by atoms with Crippen molar-refractivity contribution in [3.05, 3.63) is 0 Å². The van der Waals surface area contributed by atoms with Crippen molar-refractivity contribution in [2.24, 2.45) is 5.41 Å². The largest absolute Gasteiger partial charge is 0.377 e. The Hall–Kier alpha value is -0.170. The Morgan fingerprint density at radius 3 is 2.62 bits per heavy atom. The smallest absolute Gasteiger partial charge is 0.212 e. The van der Waals surface area contributed by atoms with Gasteiger partial charge in [0.15, 0.2) is 0 Å². The van der Waals surface area contributed by atoms with Gasteiger partial charge in [-0.3, -0.25) is 0 Å². The zero-order valence-electron chi connectivity index (χ0n) is 13.4. The van der Waals surface area contributed by atoms with Crippen LogP contribution in [0.5, 0.6) is 0 Å². The second-order valence-electron chi connectivity index (χ2n) is 7.04. The molecule has 1 saturated heterocycles. The SMILES string of the molecule is CC1(C)CCC[C@@H]1NCCS(=O)(=O)NC[C@@H]1CCCCO1. The Morgan fingerprint density at radius 2 is 2.00 bits per heavy atom. The lowest BCUT2D eigenvalue weighted by Gasteiger charge is -2.28. The van der Waals surface area contributed by atoms with Gasteiger partial charge in [0.2, 0.25) is 10.0 Å². The highest BCUT2D eigenvalue weighted by Gasteiger charge is 2.33. The highest BCUT2D eigenvalue weighted by Crippen LogP contribution is 2.36. The number of rotatable bonds is 7. The summed E-state index contributed by atoms with van der Waals surface area (Å²) >= 11 is 0. The first-order chi connectivity index (χ1) is 9.89. The minimum Gasteiger partial charge on any atom is -0.377 e. The average molecular weight is 318 g/mol. The molecule has 6 heteroatoms. The van der Waals surface area contributed by atoms with E-state index >= 15 is 0 Å². The summed E-state index contributed by atoms with van der Waals surface area (Å²) in [5.74, 6) is 0.145. The molecular formula is C15H30N2O3S. The first-order valence-corrected chi connectivity index (χ1v) is 9.87. The predicted molar refractivity (Wildman–Crippen MR) is 84.8 cm³/mol. The molecule has 0 aromatic carbocycles. The highest BCUT2D eigenvalue weighted by molar-refractivity contribution is 7.89. The van der Waals surface area contributed by atoms with Gasteiger partial charge in [0.05, 0.1) is 11.9 Å². The third-order valence-corrected chi connectivity index (χ3v) is 6.17. The molecule has 1 heterocycles. The third kappa shape index (κ3) is 5.51. The summed E-state index contributed by atoms with van der Waals surface area (Å²) < 4.78 is 32.2. The topological polar surface area (TPSA) is 67.4 Å². The van der Waals surface area contributed by atoms with Crippen LogP contribution in [0.2, 0.25) is 0 Å². The van der Waals surface area contributed by atoms with Gasteiger partial charge >= 0.3 is 0 Å². The fraction of sp³-hybridized carbons (Fsp3) is 1.00. The molecule has 2 fully saturated rings. The van der Waals surface area contributed by atoms with E-state index < -0.39 is 10.0 Å². The molecule has 2 N–H and O–H groups in total. The van der Waals surface area contributed by atoms with Gasteiger partial charge in [0.25, 0.3) is 0 Å². The molecule has 2 atom stereocenters. The van der Waals surface area contributed by atoms with Gasteiger partial charge in [-0.25, -0.2) is 13.1 Å². The van der Waals surface area contributed by atoms with Crippen LogP contribution < -0.4 is 10.0 Å². The highest BCUT2D eigenvalue weighted by atomic mass is 32.2. The quantitative estimate of drug-likeness (QED) is 0.749. The molecule has 0 aromatic heterocycles. The first-order valence-electron chi connectivity index (χ1n) is 8.21. The first kappa shape index (κ1) is 17.2. The van der Waals surface area contributed by atoms with Gasteiger partial charge in [-0.05, 0) is 37.5 Å². The van der Waals surface area contributed by atoms with E-state index in [0.717, 1.165) is 32.3 Å². The Bertz CT molecular complexity index is 417. The summed E-state index contributed by atoms with van der Waals surface area (Å²) in [5.41, 5.74) is 0.285. The van der Waals surface area contributed by atoms with Crippen LogP contribution in [0.1, 0.15) is 52.4 Å². The molecule has 1 aliphatic heterocycles. The van der Waals surface area contributed by atoms with E-state index in [1.807, 2.05) is 0 Å². The molecule has 124 valence electrons. The van der Waals surface area contributed by atoms with Crippen molar-refractivity contribution in [3.63, 3.8) is 0 Å². The molecule has 0 aromatic rings. The molecule has 1 aliphatic carbocycles. The summed E-state index contributed by atoms with van der Waals surface area (Å²) in [7, 11) is -3.20. The zero-order valence-corrected chi connectivity index (χ0v) is 14.2. The molecule has 0 bridgehead atoms. The maximum atomic E-state index is 12.0. The Labute approximate surface area is 129 Å². The minimum absolute atomic E-state index is 0.0512. The van der Waals surface area contributed by atoms with Crippen molar-refractivity contribution < 1.29 is 13.2 Å². The standard InChI is InChI=1S/C15H30N2O3S/c1-15(2)8-5-7-14(15)16-9-11-21(18,19)17-12-13-6-3-4-10-20-13/h13-14,16-17H,3-12H2,1-2H3/t13-,14-/m0/s1. The van der Waals surface area contributed by atoms with Crippen molar-refractivity contribution in [3.8, 4) is 0 Å². The van der Waals surface area contributed by atoms with E-state index in [2.05, 4.69) is 23.9 Å². The van der Waals surface area contributed by atoms with Gasteiger partial charge < -0.3 is 10.1 Å². The predicted octanol–water partition coefficient (Wildman–Crippen LogP) is 1.64. The van der Waals surface area contributed by atoms with E-state index in [0.29, 0.717) is 19.1 Å². The van der Waals surface area contributed by atoms with E-state index in [1.165, 1.54) is 12.8 Å². The lowest BCUT2D eigenvalue weighted by molar-refractivity contribution is 0.0200. The van der Waals surface area contributed by atoms with Gasteiger partial charge in [0.1, 0.15) is 0 Å². The number of sulfonamides is 1. The molecule has 0 spiro atoms. The van der Waals surface area contributed by atoms with Gasteiger partial charge in [-0.2, -0.15) is 0 Å². The summed E-state index contributed by atoms with van der Waals surface area (Å²) in [5, 5.41) is 3.42. The minimum atomic E-state index is -3.20. The van der Waals surface area contributed by atoms with Gasteiger partial charge in [0, 0.05) is 25.7 Å². The van der Waals surface area contributed by atoms with Crippen LogP contribution in [0.4, 0.5) is 0 Å². The van der Waals surface area contributed by atoms with E-state index in [1.54, 1.807) is 0 Å². The van der Waals surface area contributed by atoms with Crippen LogP contribution in [-0.2, 0) is 14.8 Å². The van der Waals surface area contributed by atoms with Crippen LogP contribution >= 0.6 is 0 Å². The molecule has 2 aliphatic rings. The van der Waals surface area contributed by atoms with Crippen LogP contribution in [0.3, 0.4) is 0 Å². The molecule has 21 heavy (non-hydrogen) atoms. The van der Waals surface area contributed by atoms with E-state index in [9.17, 15) is 8.42 Å². The fourth-order valence-corrected chi connectivity index (χ4v) is 4.30. The van der Waals surface area contributed by atoms with Crippen molar-refractivity contribution in [1.82, 2.24) is 10.0 Å². The van der Waals surface area contributed by atoms with Gasteiger partial charge in [-0.15, -0.1) is 0 Å². The van der Waals surface area contributed by atoms with Crippen LogP contribution in [-0.4, -0.2) is 46.0 Å². The molecule has 1 saturated carbocycles. The molecule has 0 radical (unpaired) electrons. The van der Waals surface area contributed by atoms with E-state index in [4.69, 9.17) is 4.74 Å². The lowest BCUT2D eigenvalue weighted by atomic mass is 9.87. The third-order valence-electron chi connectivity index (χ3n) is 4.82. The lowest BCUT2D eigenvalue weighted by Crippen LogP contribution is -2.42. The van der Waals surface area contributed by atoms with Crippen molar-refractivity contribution in [1.29, 1.82) is 0 Å². The molecule has 0 unspecified atom stereocenters. The molecule has 0 amide bonds. The summed E-state index contributed by atoms with van der Waals surface area (Å²) in [6.45, 7) is 6.20. The average Bonchev–Trinajstić information content (AvgIpc) is 2.77. The number of nitrogens with one attached hydrogen (secondary N) is 2. The van der Waals surface area contributed by atoms with Crippen molar-refractivity contribution in [2.45, 2.75) is 64.5 Å². The Balaban J connectivity index is 1.66. The van der Waals surface area contributed by atoms with Gasteiger partial charge in [-0.1, -0.05) is 20.3 Å². The monoisotopic (exact) mass is 318 g/mol. The van der Waals surface area contributed by atoms with Crippen molar-refractivity contribution in [2.75, 3.05) is 25.4 Å². The Kier molecular flexibility index (Phi) is 6.05. The molecular weight excluding hydrogens is 288 g/mol. The zero-order chi connectivity index (χ0) is 15.3. The number of ether oxygens (including phenoxy) is 1. The maximum Gasteiger partial charge on any atom is 0.212 e. The second kappa shape index (κ2) is 7.40. The summed E-state index contributed by atoms with van der Waals surface area (Å²) in [6.07, 6.45) is 6.82. The summed E-state index contributed by atoms with van der Waals surface area (Å²) in [4.78, 5) is 0. The number of hydrogen-bond acceptors (Lipinski definition) is 4. The molecule has 5 nitrogen and oxygen atoms in total. The maximum absolute atomic E-state index is 12.0. The Morgan fingerprint density at radius 1 is 1.19 bits per heavy atom. The second-order valence-corrected chi connectivity index (χ2v) is 8.97. The van der Waals surface area contributed by atoms with Crippen LogP contribution in [0, 0.1) is 5.41 Å². The fourth-order valence-electron chi connectivity index (χ4n) is 3.33.